The van der Waals surface area contributed by atoms with Crippen molar-refractivity contribution >= 4 is 23.1 Å². The minimum atomic E-state index is -0.509. The highest BCUT2D eigenvalue weighted by Gasteiger charge is 2.26. The lowest BCUT2D eigenvalue weighted by molar-refractivity contribution is -0.140. The molecule has 3 heterocycles. The number of nitrogens with zero attached hydrogens (tertiary/aromatic N) is 5. The Hall–Kier alpha value is -2.88. The molecule has 10 nitrogen and oxygen atoms in total. The van der Waals surface area contributed by atoms with E-state index in [9.17, 15) is 14.4 Å². The molecule has 1 fully saturated rings. The fourth-order valence-electron chi connectivity index (χ4n) is 3.74. The molecule has 2 aromatic heterocycles. The van der Waals surface area contributed by atoms with E-state index in [1.807, 2.05) is 24.5 Å². The quantitative estimate of drug-likeness (QED) is 0.531. The molecule has 30 heavy (non-hydrogen) atoms. The molecule has 2 aromatic rings. The zero-order chi connectivity index (χ0) is 22.0. The maximum Gasteiger partial charge on any atom is 0.332 e. The Balaban J connectivity index is 2.21. The summed E-state index contributed by atoms with van der Waals surface area (Å²) in [5.41, 5.74) is 6.97. The Morgan fingerprint density at radius 1 is 1.30 bits per heavy atom. The van der Waals surface area contributed by atoms with E-state index in [1.54, 1.807) is 7.05 Å². The number of anilines is 1. The third-order valence-electron chi connectivity index (χ3n) is 5.40. The van der Waals surface area contributed by atoms with Crippen LogP contribution < -0.4 is 21.9 Å². The molecule has 10 heteroatoms. The first-order chi connectivity index (χ1) is 14.2. The number of aromatic nitrogens is 4. The number of allylic oxidation sites excluding steroid dienone is 2. The highest BCUT2D eigenvalue weighted by molar-refractivity contribution is 5.75. The number of fused-ring (bicyclic) bond motifs is 1. The van der Waals surface area contributed by atoms with Crippen LogP contribution in [0.1, 0.15) is 33.1 Å². The Morgan fingerprint density at radius 2 is 2.03 bits per heavy atom. The van der Waals surface area contributed by atoms with Crippen LogP contribution in [0.3, 0.4) is 0 Å². The van der Waals surface area contributed by atoms with Crippen LogP contribution in [0, 0.1) is 0 Å². The van der Waals surface area contributed by atoms with Gasteiger partial charge in [-0.05, 0) is 26.7 Å². The first-order valence-electron chi connectivity index (χ1n) is 10.1. The van der Waals surface area contributed by atoms with Crippen molar-refractivity contribution in [1.82, 2.24) is 18.7 Å². The zero-order valence-corrected chi connectivity index (χ0v) is 18.1. The fraction of sp³-hybridized carbons (Fsp3) is 0.600. The molecule has 0 amide bonds. The molecule has 0 aromatic carbocycles. The molecule has 1 unspecified atom stereocenters. The van der Waals surface area contributed by atoms with Crippen molar-refractivity contribution in [2.75, 3.05) is 25.1 Å². The Morgan fingerprint density at radius 3 is 2.67 bits per heavy atom. The van der Waals surface area contributed by atoms with Crippen molar-refractivity contribution in [2.45, 2.75) is 52.2 Å². The predicted molar refractivity (Wildman–Crippen MR) is 115 cm³/mol. The molecule has 1 aliphatic heterocycles. The number of methoxy groups -OCH3 is 1. The summed E-state index contributed by atoms with van der Waals surface area (Å²) in [7, 11) is 2.86. The number of carbonyl (C=O) groups excluding carboxylic acids is 1. The van der Waals surface area contributed by atoms with Crippen LogP contribution in [0.2, 0.25) is 0 Å². The third-order valence-corrected chi connectivity index (χ3v) is 5.40. The summed E-state index contributed by atoms with van der Waals surface area (Å²) in [5.74, 6) is 0.153. The number of rotatable bonds is 6. The van der Waals surface area contributed by atoms with E-state index in [2.05, 4.69) is 14.6 Å². The highest BCUT2D eigenvalue weighted by Crippen LogP contribution is 2.23. The summed E-state index contributed by atoms with van der Waals surface area (Å²) in [5, 5.41) is 0. The van der Waals surface area contributed by atoms with Gasteiger partial charge in [-0.1, -0.05) is 11.6 Å². The van der Waals surface area contributed by atoms with Gasteiger partial charge in [-0.3, -0.25) is 18.7 Å². The van der Waals surface area contributed by atoms with Crippen molar-refractivity contribution in [1.29, 1.82) is 0 Å². The number of aryl methyl sites for hydroxylation is 1. The smallest absolute Gasteiger partial charge is 0.332 e. The average molecular weight is 418 g/mol. The van der Waals surface area contributed by atoms with Gasteiger partial charge in [0.25, 0.3) is 5.56 Å². The molecule has 1 aliphatic rings. The fourth-order valence-corrected chi connectivity index (χ4v) is 3.74. The summed E-state index contributed by atoms with van der Waals surface area (Å²) in [6, 6.07) is 0.0380. The van der Waals surface area contributed by atoms with E-state index in [0.29, 0.717) is 30.2 Å². The molecule has 0 aliphatic carbocycles. The Labute approximate surface area is 174 Å². The number of ether oxygens (including phenoxy) is 1. The van der Waals surface area contributed by atoms with Gasteiger partial charge >= 0.3 is 11.7 Å². The third kappa shape index (κ3) is 4.18. The molecule has 2 N–H and O–H groups in total. The van der Waals surface area contributed by atoms with Gasteiger partial charge in [-0.15, -0.1) is 0 Å². The van der Waals surface area contributed by atoms with E-state index >= 15 is 0 Å². The number of hydrogen-bond donors (Lipinski definition) is 1. The number of nitrogens with two attached hydrogens (primary N) is 1. The van der Waals surface area contributed by atoms with Gasteiger partial charge in [0.2, 0.25) is 5.95 Å². The molecule has 0 radical (unpaired) electrons. The lowest BCUT2D eigenvalue weighted by atomic mass is 10.1. The van der Waals surface area contributed by atoms with E-state index in [-0.39, 0.29) is 19.0 Å². The van der Waals surface area contributed by atoms with Crippen molar-refractivity contribution < 1.29 is 9.53 Å². The van der Waals surface area contributed by atoms with E-state index in [0.717, 1.165) is 29.5 Å². The van der Waals surface area contributed by atoms with Crippen molar-refractivity contribution in [3.05, 3.63) is 32.5 Å². The molecular formula is C20H30N6O4. The molecule has 1 atom stereocenters. The molecule has 1 saturated heterocycles. The number of hydrogen-bond acceptors (Lipinski definition) is 7. The normalized spacial score (nSPS) is 16.7. The van der Waals surface area contributed by atoms with Crippen LogP contribution >= 0.6 is 0 Å². The van der Waals surface area contributed by atoms with Gasteiger partial charge in [0.15, 0.2) is 11.2 Å². The Kier molecular flexibility index (Phi) is 6.45. The lowest BCUT2D eigenvalue weighted by Gasteiger charge is -2.31. The van der Waals surface area contributed by atoms with Gasteiger partial charge in [-0.25, -0.2) is 4.79 Å². The van der Waals surface area contributed by atoms with Crippen LogP contribution in [0.5, 0.6) is 0 Å². The van der Waals surface area contributed by atoms with Crippen LogP contribution in [0.4, 0.5) is 5.95 Å². The second-order valence-corrected chi connectivity index (χ2v) is 7.95. The summed E-state index contributed by atoms with van der Waals surface area (Å²) in [6.07, 6.45) is 3.84. The largest absolute Gasteiger partial charge is 0.469 e. The molecular weight excluding hydrogens is 388 g/mol. The standard InChI is InChI=1S/C20H30N6O4/c1-13(2)7-10-25-16-17(22-19(25)24-9-5-6-14(21)12-24)23(3)20(29)26(18(16)28)11-8-15(27)30-4/h7,14H,5-6,8-12,21H2,1-4H3. The van der Waals surface area contributed by atoms with Gasteiger partial charge in [0, 0.05) is 39.3 Å². The molecule has 164 valence electrons. The SMILES string of the molecule is COC(=O)CCn1c(=O)c2c(nc(N3CCCC(N)C3)n2CC=C(C)C)n(C)c1=O. The van der Waals surface area contributed by atoms with Crippen LogP contribution in [-0.4, -0.2) is 50.9 Å². The van der Waals surface area contributed by atoms with Crippen LogP contribution in [0.25, 0.3) is 11.2 Å². The summed E-state index contributed by atoms with van der Waals surface area (Å²) in [6.45, 7) is 5.80. The first-order valence-corrected chi connectivity index (χ1v) is 10.1. The maximum atomic E-state index is 13.3. The topological polar surface area (TPSA) is 117 Å². The number of imidazole rings is 1. The van der Waals surface area contributed by atoms with E-state index in [4.69, 9.17) is 5.73 Å². The van der Waals surface area contributed by atoms with Crippen LogP contribution in [0.15, 0.2) is 21.2 Å². The minimum absolute atomic E-state index is 0.0380. The highest BCUT2D eigenvalue weighted by atomic mass is 16.5. The average Bonchev–Trinajstić information content (AvgIpc) is 3.10. The Bertz CT molecular complexity index is 1090. The summed E-state index contributed by atoms with van der Waals surface area (Å²) in [4.78, 5) is 44.4. The monoisotopic (exact) mass is 418 g/mol. The van der Waals surface area contributed by atoms with Crippen LogP contribution in [-0.2, 0) is 29.7 Å². The van der Waals surface area contributed by atoms with Gasteiger partial charge < -0.3 is 19.9 Å². The first kappa shape index (κ1) is 21.8. The molecule has 0 saturated carbocycles. The second-order valence-electron chi connectivity index (χ2n) is 7.95. The van der Waals surface area contributed by atoms with Crippen molar-refractivity contribution in [2.24, 2.45) is 12.8 Å². The lowest BCUT2D eigenvalue weighted by Crippen LogP contribution is -2.44. The number of carbonyl (C=O) groups is 1. The van der Waals surface area contributed by atoms with Crippen molar-refractivity contribution in [3.63, 3.8) is 0 Å². The van der Waals surface area contributed by atoms with E-state index < -0.39 is 17.2 Å². The minimum Gasteiger partial charge on any atom is -0.469 e. The second kappa shape index (κ2) is 8.86. The maximum absolute atomic E-state index is 13.3. The van der Waals surface area contributed by atoms with Gasteiger partial charge in [-0.2, -0.15) is 4.98 Å². The molecule has 3 rings (SSSR count). The summed E-state index contributed by atoms with van der Waals surface area (Å²) >= 11 is 0. The zero-order valence-electron chi connectivity index (χ0n) is 18.1. The van der Waals surface area contributed by atoms with E-state index in [1.165, 1.54) is 11.7 Å². The predicted octanol–water partition coefficient (Wildman–Crippen LogP) is 0.354. The number of esters is 1. The molecule has 0 bridgehead atoms. The van der Waals surface area contributed by atoms with Crippen molar-refractivity contribution in [3.8, 4) is 0 Å². The molecule has 0 spiro atoms. The summed E-state index contributed by atoms with van der Waals surface area (Å²) < 4.78 is 8.93. The van der Waals surface area contributed by atoms with Gasteiger partial charge in [0.1, 0.15) is 0 Å². The number of piperidine rings is 1. The van der Waals surface area contributed by atoms with Gasteiger partial charge in [0.05, 0.1) is 13.5 Å².